The summed E-state index contributed by atoms with van der Waals surface area (Å²) in [4.78, 5) is 20.0. The summed E-state index contributed by atoms with van der Waals surface area (Å²) < 4.78 is 0. The van der Waals surface area contributed by atoms with E-state index in [-0.39, 0.29) is 35.2 Å². The maximum Gasteiger partial charge on any atom is 0.255 e. The van der Waals surface area contributed by atoms with E-state index >= 15 is 0 Å². The molecule has 2 heterocycles. The summed E-state index contributed by atoms with van der Waals surface area (Å²) in [7, 11) is 0. The number of fused-ring (bicyclic) bond motifs is 1. The predicted octanol–water partition coefficient (Wildman–Crippen LogP) is 3.20. The van der Waals surface area contributed by atoms with Gasteiger partial charge in [-0.2, -0.15) is 0 Å². The van der Waals surface area contributed by atoms with Crippen LogP contribution >= 0.6 is 0 Å². The van der Waals surface area contributed by atoms with Crippen molar-refractivity contribution >= 4 is 11.7 Å². The molecule has 1 amide bonds. The van der Waals surface area contributed by atoms with Crippen LogP contribution in [0.4, 0.5) is 5.82 Å². The van der Waals surface area contributed by atoms with Gasteiger partial charge in [0.05, 0.1) is 5.56 Å². The lowest BCUT2D eigenvalue weighted by Crippen LogP contribution is -2.81. The topological polar surface area (TPSA) is 91.5 Å². The Labute approximate surface area is 195 Å². The van der Waals surface area contributed by atoms with Crippen LogP contribution in [0.25, 0.3) is 11.1 Å². The molecule has 6 nitrogen and oxygen atoms in total. The Kier molecular flexibility index (Phi) is 4.35. The SMILES string of the molecule is CC(C)N1C[C@@H]2C[C@]2(c2ccc(-c3cnc(N)c(C(=O)NC45CC(CO)(C4)[C@H]5C)c3)cc2)C1. The molecule has 1 aliphatic heterocycles. The number of aliphatic hydroxyl groups excluding tert-OH is 1. The van der Waals surface area contributed by atoms with E-state index in [1.54, 1.807) is 6.20 Å². The summed E-state index contributed by atoms with van der Waals surface area (Å²) in [6, 6.07) is 11.3. The van der Waals surface area contributed by atoms with E-state index < -0.39 is 0 Å². The number of anilines is 1. The van der Waals surface area contributed by atoms with Crippen molar-refractivity contribution in [2.45, 2.75) is 57.0 Å². The molecule has 0 radical (unpaired) electrons. The van der Waals surface area contributed by atoms with Gasteiger partial charge in [0.15, 0.2) is 0 Å². The average Bonchev–Trinajstić information content (AvgIpc) is 3.36. The maximum atomic E-state index is 13.1. The van der Waals surface area contributed by atoms with Gasteiger partial charge in [0.1, 0.15) is 5.82 Å². The average molecular weight is 447 g/mol. The van der Waals surface area contributed by atoms with Crippen LogP contribution in [-0.4, -0.2) is 52.2 Å². The van der Waals surface area contributed by atoms with Crippen LogP contribution in [0.1, 0.15) is 56.0 Å². The fraction of sp³-hybridized carbons (Fsp3) is 0.556. The van der Waals surface area contributed by atoms with Gasteiger partial charge < -0.3 is 16.2 Å². The second-order valence-corrected chi connectivity index (χ2v) is 11.5. The first-order valence-corrected chi connectivity index (χ1v) is 12.3. The first kappa shape index (κ1) is 21.1. The summed E-state index contributed by atoms with van der Waals surface area (Å²) in [5.74, 6) is 1.15. The van der Waals surface area contributed by atoms with E-state index in [0.717, 1.165) is 36.4 Å². The van der Waals surface area contributed by atoms with E-state index in [2.05, 4.69) is 60.2 Å². The number of carbonyl (C=O) groups excluding carboxylic acids is 1. The van der Waals surface area contributed by atoms with E-state index in [1.807, 2.05) is 6.07 Å². The quantitative estimate of drug-likeness (QED) is 0.634. The molecule has 3 atom stereocenters. The van der Waals surface area contributed by atoms with Gasteiger partial charge >= 0.3 is 0 Å². The Balaban J connectivity index is 1.20. The molecule has 7 rings (SSSR count). The van der Waals surface area contributed by atoms with E-state index in [4.69, 9.17) is 5.73 Å². The van der Waals surface area contributed by atoms with Gasteiger partial charge in [-0.1, -0.05) is 31.2 Å². The molecule has 4 N–H and O–H groups in total. The number of amides is 1. The Morgan fingerprint density at radius 1 is 1.27 bits per heavy atom. The van der Waals surface area contributed by atoms with Crippen molar-refractivity contribution in [1.29, 1.82) is 0 Å². The Hall–Kier alpha value is -2.44. The van der Waals surface area contributed by atoms with Crippen molar-refractivity contribution in [2.75, 3.05) is 25.4 Å². The monoisotopic (exact) mass is 446 g/mol. The van der Waals surface area contributed by atoms with Crippen LogP contribution in [0.3, 0.4) is 0 Å². The molecule has 2 aromatic rings. The predicted molar refractivity (Wildman–Crippen MR) is 129 cm³/mol. The number of nitrogen functional groups attached to an aromatic ring is 1. The van der Waals surface area contributed by atoms with Crippen molar-refractivity contribution in [2.24, 2.45) is 17.3 Å². The highest BCUT2D eigenvalue weighted by atomic mass is 16.3. The van der Waals surface area contributed by atoms with Gasteiger partial charge in [0.25, 0.3) is 5.91 Å². The highest BCUT2D eigenvalue weighted by Gasteiger charge is 2.73. The highest BCUT2D eigenvalue weighted by molar-refractivity contribution is 6.00. The number of hydrogen-bond donors (Lipinski definition) is 3. The van der Waals surface area contributed by atoms with Gasteiger partial charge in [-0.25, -0.2) is 4.98 Å². The first-order chi connectivity index (χ1) is 15.7. The molecule has 33 heavy (non-hydrogen) atoms. The lowest BCUT2D eigenvalue weighted by atomic mass is 9.33. The molecule has 0 unspecified atom stereocenters. The normalized spacial score (nSPS) is 36.2. The number of nitrogens with one attached hydrogen (secondary N) is 1. The van der Waals surface area contributed by atoms with E-state index in [1.165, 1.54) is 18.5 Å². The minimum atomic E-state index is -0.199. The molecule has 1 aromatic carbocycles. The Bertz CT molecular complexity index is 1120. The van der Waals surface area contributed by atoms with Crippen LogP contribution in [0.5, 0.6) is 0 Å². The number of nitrogens with two attached hydrogens (primary N) is 1. The fourth-order valence-corrected chi connectivity index (χ4v) is 7.05. The lowest BCUT2D eigenvalue weighted by molar-refractivity contribution is -0.234. The van der Waals surface area contributed by atoms with Crippen LogP contribution in [0.2, 0.25) is 0 Å². The number of carbonyl (C=O) groups is 1. The molecule has 0 spiro atoms. The third-order valence-corrected chi connectivity index (χ3v) is 9.62. The zero-order valence-corrected chi connectivity index (χ0v) is 19.8. The standard InChI is InChI=1S/C27H34N4O2/c1-16(2)31-11-21-9-26(21,14-31)20-6-4-18(5-7-20)19-8-22(23(28)29-10-19)24(33)30-27-12-25(13-27,15-32)17(27)3/h4-8,10,16-17,21,32H,9,11-15H2,1-3H3,(H2,28,29)(H,30,33)/t17-,21+,25?,26-,27?/m1/s1. The van der Waals surface area contributed by atoms with Crippen molar-refractivity contribution in [3.8, 4) is 11.1 Å². The summed E-state index contributed by atoms with van der Waals surface area (Å²) >= 11 is 0. The number of likely N-dealkylation sites (tertiary alicyclic amines) is 1. The number of piperidine rings is 1. The third-order valence-electron chi connectivity index (χ3n) is 9.62. The van der Waals surface area contributed by atoms with Gasteiger partial charge in [-0.3, -0.25) is 9.69 Å². The summed E-state index contributed by atoms with van der Waals surface area (Å²) in [6.07, 6.45) is 4.73. The smallest absolute Gasteiger partial charge is 0.255 e. The van der Waals surface area contributed by atoms with Crippen LogP contribution in [-0.2, 0) is 5.41 Å². The van der Waals surface area contributed by atoms with Gasteiger partial charge in [0.2, 0.25) is 0 Å². The molecule has 4 saturated carbocycles. The molecule has 1 saturated heterocycles. The summed E-state index contributed by atoms with van der Waals surface area (Å²) in [5, 5.41) is 12.8. The summed E-state index contributed by atoms with van der Waals surface area (Å²) in [6.45, 7) is 9.22. The Morgan fingerprint density at radius 3 is 2.61 bits per heavy atom. The maximum absolute atomic E-state index is 13.1. The number of pyridine rings is 1. The molecule has 5 fully saturated rings. The zero-order valence-electron chi connectivity index (χ0n) is 19.8. The van der Waals surface area contributed by atoms with E-state index in [9.17, 15) is 9.90 Å². The lowest BCUT2D eigenvalue weighted by Gasteiger charge is -2.75. The number of hydrogen-bond acceptors (Lipinski definition) is 5. The molecule has 1 aromatic heterocycles. The van der Waals surface area contributed by atoms with Crippen LogP contribution in [0.15, 0.2) is 36.5 Å². The molecular formula is C27H34N4O2. The Morgan fingerprint density at radius 2 is 2.00 bits per heavy atom. The number of aliphatic hydroxyl groups is 1. The zero-order chi connectivity index (χ0) is 23.2. The number of nitrogens with zero attached hydrogens (tertiary/aromatic N) is 2. The highest BCUT2D eigenvalue weighted by Crippen LogP contribution is 2.70. The molecule has 4 aliphatic carbocycles. The van der Waals surface area contributed by atoms with Gasteiger partial charge in [-0.15, -0.1) is 0 Å². The van der Waals surface area contributed by atoms with Gasteiger partial charge in [0, 0.05) is 53.9 Å². The van der Waals surface area contributed by atoms with Crippen LogP contribution < -0.4 is 11.1 Å². The number of rotatable bonds is 6. The van der Waals surface area contributed by atoms with E-state index in [0.29, 0.717) is 17.0 Å². The molecule has 5 aliphatic rings. The van der Waals surface area contributed by atoms with Crippen LogP contribution in [0, 0.1) is 17.3 Å². The third kappa shape index (κ3) is 2.86. The second-order valence-electron chi connectivity index (χ2n) is 11.5. The number of aromatic nitrogens is 1. The van der Waals surface area contributed by atoms with Crippen molar-refractivity contribution in [1.82, 2.24) is 15.2 Å². The fourth-order valence-electron chi connectivity index (χ4n) is 7.05. The molecular weight excluding hydrogens is 412 g/mol. The minimum absolute atomic E-state index is 0.00621. The minimum Gasteiger partial charge on any atom is -0.396 e. The van der Waals surface area contributed by atoms with Gasteiger partial charge in [-0.05, 0) is 62.1 Å². The van der Waals surface area contributed by atoms with Crippen molar-refractivity contribution in [3.63, 3.8) is 0 Å². The molecule has 6 heteroatoms. The summed E-state index contributed by atoms with van der Waals surface area (Å²) in [5.41, 5.74) is 10.0. The van der Waals surface area contributed by atoms with Crippen molar-refractivity contribution < 1.29 is 9.90 Å². The molecule has 174 valence electrons. The number of benzene rings is 1. The largest absolute Gasteiger partial charge is 0.396 e. The second kappa shape index (κ2) is 6.80. The first-order valence-electron chi connectivity index (χ1n) is 12.3. The molecule has 2 bridgehead atoms. The van der Waals surface area contributed by atoms with Crippen molar-refractivity contribution in [3.05, 3.63) is 47.7 Å².